The first-order valence-electron chi connectivity index (χ1n) is 13.8. The molecule has 1 saturated heterocycles. The van der Waals surface area contributed by atoms with E-state index in [1.807, 2.05) is 40.7 Å². The number of nitrogens with one attached hydrogen (secondary N) is 1. The molecule has 2 aromatic rings. The highest BCUT2D eigenvalue weighted by Gasteiger charge is 2.40. The Kier molecular flexibility index (Phi) is 8.09. The van der Waals surface area contributed by atoms with Crippen molar-refractivity contribution in [1.29, 1.82) is 0 Å². The molecular formula is C28H40F2N4O5S. The molecule has 0 atom stereocenters. The second-order valence-corrected chi connectivity index (χ2v) is 14.7. The van der Waals surface area contributed by atoms with Gasteiger partial charge in [-0.2, -0.15) is 0 Å². The van der Waals surface area contributed by atoms with Gasteiger partial charge in [0.05, 0.1) is 11.3 Å². The number of amides is 2. The maximum atomic E-state index is 13.8. The topological polar surface area (TPSA) is 113 Å². The maximum absolute atomic E-state index is 13.8. The number of hydrogen-bond donors (Lipinski definition) is 1. The van der Waals surface area contributed by atoms with Gasteiger partial charge in [-0.1, -0.05) is 20.8 Å². The van der Waals surface area contributed by atoms with Crippen molar-refractivity contribution in [1.82, 2.24) is 19.5 Å². The third-order valence-electron chi connectivity index (χ3n) is 8.05. The molecule has 0 unspecified atom stereocenters. The van der Waals surface area contributed by atoms with Gasteiger partial charge in [0, 0.05) is 62.1 Å². The van der Waals surface area contributed by atoms with Gasteiger partial charge in [-0.15, -0.1) is 0 Å². The number of pyridine rings is 1. The molecule has 2 amide bonds. The van der Waals surface area contributed by atoms with E-state index in [-0.39, 0.29) is 73.6 Å². The monoisotopic (exact) mass is 582 g/mol. The van der Waals surface area contributed by atoms with E-state index in [1.54, 1.807) is 15.9 Å². The number of furan rings is 1. The molecule has 40 heavy (non-hydrogen) atoms. The molecule has 0 spiro atoms. The van der Waals surface area contributed by atoms with Crippen LogP contribution in [0.15, 0.2) is 16.5 Å². The fourth-order valence-electron chi connectivity index (χ4n) is 5.61. The lowest BCUT2D eigenvalue weighted by molar-refractivity contribution is -0.135. The number of carbonyl (C=O) groups is 2. The molecule has 3 heterocycles. The molecule has 222 valence electrons. The quantitative estimate of drug-likeness (QED) is 0.540. The summed E-state index contributed by atoms with van der Waals surface area (Å²) in [5.74, 6) is -3.48. The van der Waals surface area contributed by atoms with Crippen LogP contribution in [0.2, 0.25) is 0 Å². The Morgan fingerprint density at radius 3 is 2.38 bits per heavy atom. The van der Waals surface area contributed by atoms with Crippen molar-refractivity contribution in [3.05, 3.63) is 29.2 Å². The first kappa shape index (κ1) is 30.4. The highest BCUT2D eigenvalue weighted by molar-refractivity contribution is 7.89. The van der Waals surface area contributed by atoms with Crippen LogP contribution >= 0.6 is 0 Å². The fourth-order valence-corrected chi connectivity index (χ4v) is 6.26. The predicted molar refractivity (Wildman–Crippen MR) is 148 cm³/mol. The smallest absolute Gasteiger partial charge is 0.290 e. The number of nitrogens with zero attached hydrogens (tertiary/aromatic N) is 3. The molecule has 0 bridgehead atoms. The molecular weight excluding hydrogens is 542 g/mol. The molecule has 1 aliphatic carbocycles. The molecule has 2 aromatic heterocycles. The Balaban J connectivity index is 1.57. The lowest BCUT2D eigenvalue weighted by Gasteiger charge is -2.46. The second kappa shape index (κ2) is 10.7. The van der Waals surface area contributed by atoms with Crippen LogP contribution in [-0.4, -0.2) is 78.9 Å². The predicted octanol–water partition coefficient (Wildman–Crippen LogP) is 4.42. The number of alkyl halides is 2. The maximum Gasteiger partial charge on any atom is 0.290 e. The highest BCUT2D eigenvalue weighted by Crippen LogP contribution is 2.42. The Hall–Kier alpha value is -2.60. The normalized spacial score (nSPS) is 20.2. The average molecular weight is 583 g/mol. The Bertz CT molecular complexity index is 1390. The second-order valence-electron chi connectivity index (χ2n) is 12.7. The summed E-state index contributed by atoms with van der Waals surface area (Å²) in [4.78, 5) is 34.4. The highest BCUT2D eigenvalue weighted by atomic mass is 32.2. The number of aromatic nitrogens is 1. The summed E-state index contributed by atoms with van der Waals surface area (Å²) in [5, 5.41) is 0. The SMILES string of the molecule is CNS(=O)(=O)CCC(=O)N1CCN(C(=O)c2cc3nc(C4CCC(F)(F)CC4)cc(C(C)(C)C)c3o2)C(C)(C)C1. The fraction of sp³-hybridized carbons (Fsp3) is 0.679. The summed E-state index contributed by atoms with van der Waals surface area (Å²) < 4.78 is 59.4. The van der Waals surface area contributed by atoms with Gasteiger partial charge >= 0.3 is 0 Å². The van der Waals surface area contributed by atoms with Crippen LogP contribution in [0.4, 0.5) is 8.78 Å². The van der Waals surface area contributed by atoms with Crippen LogP contribution in [0.3, 0.4) is 0 Å². The average Bonchev–Trinajstić information content (AvgIpc) is 3.29. The number of fused-ring (bicyclic) bond motifs is 1. The van der Waals surface area contributed by atoms with Crippen molar-refractivity contribution in [2.24, 2.45) is 0 Å². The lowest BCUT2D eigenvalue weighted by atomic mass is 9.81. The molecule has 2 aliphatic rings. The van der Waals surface area contributed by atoms with E-state index in [2.05, 4.69) is 4.72 Å². The van der Waals surface area contributed by atoms with Crippen molar-refractivity contribution in [2.45, 2.75) is 89.5 Å². The van der Waals surface area contributed by atoms with Crippen LogP contribution in [0.25, 0.3) is 11.1 Å². The van der Waals surface area contributed by atoms with E-state index in [9.17, 15) is 26.8 Å². The van der Waals surface area contributed by atoms with Crippen molar-refractivity contribution < 1.29 is 31.2 Å². The molecule has 1 saturated carbocycles. The molecule has 12 heteroatoms. The summed E-state index contributed by atoms with van der Waals surface area (Å²) in [5.41, 5.74) is 1.60. The minimum atomic E-state index is -3.50. The molecule has 0 radical (unpaired) electrons. The van der Waals surface area contributed by atoms with Crippen molar-refractivity contribution in [3.8, 4) is 0 Å². The van der Waals surface area contributed by atoms with Gasteiger partial charge in [-0.25, -0.2) is 26.9 Å². The summed E-state index contributed by atoms with van der Waals surface area (Å²) in [6.07, 6.45) is 0.255. The third kappa shape index (κ3) is 6.48. The summed E-state index contributed by atoms with van der Waals surface area (Å²) in [6.45, 7) is 10.6. The number of piperazine rings is 1. The number of rotatable bonds is 6. The Labute approximate surface area is 234 Å². The molecule has 0 aromatic carbocycles. The van der Waals surface area contributed by atoms with Gasteiger partial charge in [0.2, 0.25) is 21.9 Å². The number of hydrogen-bond acceptors (Lipinski definition) is 6. The standard InChI is InChI=1S/C28H40F2N4O5S/c1-26(2,3)19-15-20(18-7-10-28(29,30)11-8-18)32-21-16-22(39-24(19)21)25(36)34-13-12-33(17-27(34,4)5)23(35)9-14-40(37,38)31-6/h15-16,18,31H,7-14,17H2,1-6H3. The van der Waals surface area contributed by atoms with Gasteiger partial charge in [-0.05, 0) is 45.2 Å². The van der Waals surface area contributed by atoms with Crippen LogP contribution < -0.4 is 4.72 Å². The Morgan fingerprint density at radius 2 is 1.80 bits per heavy atom. The largest absolute Gasteiger partial charge is 0.449 e. The number of carbonyl (C=O) groups excluding carboxylic acids is 2. The zero-order chi connectivity index (χ0) is 29.7. The first-order chi connectivity index (χ1) is 18.4. The van der Waals surface area contributed by atoms with E-state index in [0.717, 1.165) is 11.3 Å². The van der Waals surface area contributed by atoms with Crippen LogP contribution in [0.5, 0.6) is 0 Å². The van der Waals surface area contributed by atoms with E-state index in [1.165, 1.54) is 7.05 Å². The summed E-state index contributed by atoms with van der Waals surface area (Å²) in [7, 11) is -2.19. The first-order valence-corrected chi connectivity index (χ1v) is 15.4. The molecule has 9 nitrogen and oxygen atoms in total. The van der Waals surface area contributed by atoms with E-state index >= 15 is 0 Å². The van der Waals surface area contributed by atoms with Gasteiger partial charge in [0.25, 0.3) is 5.91 Å². The zero-order valence-corrected chi connectivity index (χ0v) is 25.0. The van der Waals surface area contributed by atoms with Gasteiger partial charge in [0.1, 0.15) is 5.52 Å². The third-order valence-corrected chi connectivity index (χ3v) is 9.41. The molecule has 4 rings (SSSR count). The zero-order valence-electron chi connectivity index (χ0n) is 24.1. The van der Waals surface area contributed by atoms with Crippen molar-refractivity contribution >= 4 is 32.9 Å². The van der Waals surface area contributed by atoms with E-state index in [0.29, 0.717) is 23.9 Å². The van der Waals surface area contributed by atoms with Crippen LogP contribution in [-0.2, 0) is 20.2 Å². The summed E-state index contributed by atoms with van der Waals surface area (Å²) in [6, 6.07) is 3.57. The van der Waals surface area contributed by atoms with E-state index in [4.69, 9.17) is 9.40 Å². The van der Waals surface area contributed by atoms with Gasteiger partial charge in [-0.3, -0.25) is 9.59 Å². The minimum Gasteiger partial charge on any atom is -0.449 e. The van der Waals surface area contributed by atoms with Crippen LogP contribution in [0.1, 0.15) is 94.5 Å². The lowest BCUT2D eigenvalue weighted by Crippen LogP contribution is -2.62. The Morgan fingerprint density at radius 1 is 1.15 bits per heavy atom. The van der Waals surface area contributed by atoms with Gasteiger partial charge in [0.15, 0.2) is 11.3 Å². The minimum absolute atomic E-state index is 0.0770. The number of halogens is 2. The van der Waals surface area contributed by atoms with Crippen molar-refractivity contribution in [3.63, 3.8) is 0 Å². The summed E-state index contributed by atoms with van der Waals surface area (Å²) >= 11 is 0. The van der Waals surface area contributed by atoms with E-state index < -0.39 is 21.5 Å². The van der Waals surface area contributed by atoms with Crippen molar-refractivity contribution in [2.75, 3.05) is 32.4 Å². The van der Waals surface area contributed by atoms with Gasteiger partial charge < -0.3 is 14.2 Å². The molecule has 2 fully saturated rings. The molecule has 1 aliphatic heterocycles. The van der Waals surface area contributed by atoms with Crippen LogP contribution in [0, 0.1) is 0 Å². The number of sulfonamides is 1. The molecule has 1 N–H and O–H groups in total.